The van der Waals surface area contributed by atoms with E-state index in [2.05, 4.69) is 40.0 Å². The van der Waals surface area contributed by atoms with Gasteiger partial charge in [0.25, 0.3) is 0 Å². The molecule has 0 bridgehead atoms. The van der Waals surface area contributed by atoms with E-state index in [4.69, 9.17) is 0 Å². The minimum Gasteiger partial charge on any atom is -0.354 e. The highest BCUT2D eigenvalue weighted by atomic mass is 16.1. The Morgan fingerprint density at radius 1 is 1.38 bits per heavy atom. The topological polar surface area (TPSA) is 59.0 Å². The van der Waals surface area contributed by atoms with Gasteiger partial charge in [-0.1, -0.05) is 24.3 Å². The van der Waals surface area contributed by atoms with Crippen molar-refractivity contribution < 1.29 is 4.79 Å². The van der Waals surface area contributed by atoms with Crippen molar-refractivity contribution in [3.63, 3.8) is 0 Å². The Bertz CT molecular complexity index is 594. The summed E-state index contributed by atoms with van der Waals surface area (Å²) in [6.45, 7) is 2.22. The maximum Gasteiger partial charge on any atom is 0.221 e. The Balaban J connectivity index is 1.50. The highest BCUT2D eigenvalue weighted by Crippen LogP contribution is 2.21. The molecule has 0 saturated heterocycles. The lowest BCUT2D eigenvalue weighted by atomic mass is 9.94. The average Bonchev–Trinajstić information content (AvgIpc) is 3.04. The Morgan fingerprint density at radius 3 is 3.14 bits per heavy atom. The van der Waals surface area contributed by atoms with E-state index in [1.165, 1.54) is 11.1 Å². The molecule has 1 atom stereocenters. The number of fused-ring (bicyclic) bond motifs is 1. The second-order valence-corrected chi connectivity index (χ2v) is 5.28. The summed E-state index contributed by atoms with van der Waals surface area (Å²) in [7, 11) is 0. The number of rotatable bonds is 5. The van der Waals surface area contributed by atoms with Crippen LogP contribution in [0.5, 0.6) is 0 Å². The lowest BCUT2D eigenvalue weighted by Gasteiger charge is -2.27. The molecule has 2 aromatic rings. The molecule has 5 heteroatoms. The third-order valence-corrected chi connectivity index (χ3v) is 3.85. The van der Waals surface area contributed by atoms with Gasteiger partial charge in [0.1, 0.15) is 0 Å². The summed E-state index contributed by atoms with van der Waals surface area (Å²) in [5.41, 5.74) is 2.68. The molecule has 0 radical (unpaired) electrons. The van der Waals surface area contributed by atoms with E-state index in [1.54, 1.807) is 10.9 Å². The van der Waals surface area contributed by atoms with Crippen LogP contribution < -0.4 is 10.6 Å². The van der Waals surface area contributed by atoms with Gasteiger partial charge in [-0.2, -0.15) is 5.10 Å². The lowest BCUT2D eigenvalue weighted by molar-refractivity contribution is -0.121. The van der Waals surface area contributed by atoms with E-state index in [1.807, 2.05) is 12.3 Å². The maximum atomic E-state index is 11.9. The molecule has 1 amide bonds. The lowest BCUT2D eigenvalue weighted by Crippen LogP contribution is -2.39. The quantitative estimate of drug-likeness (QED) is 0.869. The molecule has 2 N–H and O–H groups in total. The first-order chi connectivity index (χ1) is 10.3. The third-order valence-electron chi connectivity index (χ3n) is 3.85. The van der Waals surface area contributed by atoms with Crippen LogP contribution in [0.4, 0.5) is 0 Å². The Kier molecular flexibility index (Phi) is 4.31. The van der Waals surface area contributed by atoms with Crippen molar-refractivity contribution in [3.8, 4) is 0 Å². The van der Waals surface area contributed by atoms with Crippen molar-refractivity contribution in [1.82, 2.24) is 20.4 Å². The van der Waals surface area contributed by atoms with E-state index >= 15 is 0 Å². The molecule has 1 aromatic heterocycles. The summed E-state index contributed by atoms with van der Waals surface area (Å²) in [5, 5.41) is 10.6. The Morgan fingerprint density at radius 2 is 2.29 bits per heavy atom. The molecule has 0 aliphatic carbocycles. The number of hydrogen-bond donors (Lipinski definition) is 2. The molecule has 0 spiro atoms. The first-order valence-electron chi connectivity index (χ1n) is 7.38. The van der Waals surface area contributed by atoms with Crippen LogP contribution in [-0.2, 0) is 17.8 Å². The molecule has 3 rings (SSSR count). The number of aromatic nitrogens is 2. The summed E-state index contributed by atoms with van der Waals surface area (Å²) in [4.78, 5) is 11.9. The Labute approximate surface area is 124 Å². The molecule has 0 saturated carbocycles. The van der Waals surface area contributed by atoms with Crippen LogP contribution in [0.3, 0.4) is 0 Å². The number of benzene rings is 1. The molecule has 2 heterocycles. The fourth-order valence-corrected chi connectivity index (χ4v) is 2.73. The number of aryl methyl sites for hydroxylation is 1. The molecular weight excluding hydrogens is 264 g/mol. The highest BCUT2D eigenvalue weighted by Gasteiger charge is 2.19. The highest BCUT2D eigenvalue weighted by molar-refractivity contribution is 5.75. The number of amides is 1. The van der Waals surface area contributed by atoms with Gasteiger partial charge in [0.15, 0.2) is 0 Å². The summed E-state index contributed by atoms with van der Waals surface area (Å²) < 4.78 is 1.77. The van der Waals surface area contributed by atoms with Gasteiger partial charge in [0.05, 0.1) is 0 Å². The van der Waals surface area contributed by atoms with Crippen LogP contribution in [0.25, 0.3) is 0 Å². The second-order valence-electron chi connectivity index (χ2n) is 5.28. The van der Waals surface area contributed by atoms with E-state index < -0.39 is 0 Å². The normalized spacial score (nSPS) is 17.2. The van der Waals surface area contributed by atoms with Gasteiger partial charge < -0.3 is 10.6 Å². The van der Waals surface area contributed by atoms with Gasteiger partial charge in [0.2, 0.25) is 5.91 Å². The summed E-state index contributed by atoms with van der Waals surface area (Å²) in [6.07, 6.45) is 5.10. The van der Waals surface area contributed by atoms with Crippen molar-refractivity contribution in [2.45, 2.75) is 25.4 Å². The van der Waals surface area contributed by atoms with Crippen molar-refractivity contribution in [3.05, 3.63) is 53.9 Å². The average molecular weight is 284 g/mol. The van der Waals surface area contributed by atoms with Crippen molar-refractivity contribution in [1.29, 1.82) is 0 Å². The van der Waals surface area contributed by atoms with E-state index in [0.717, 1.165) is 13.0 Å². The summed E-state index contributed by atoms with van der Waals surface area (Å²) >= 11 is 0. The molecule has 0 fully saturated rings. The molecule has 110 valence electrons. The SMILES string of the molecule is O=C(CCn1cccn1)NCC1NCCc2ccccc21. The first kappa shape index (κ1) is 13.8. The van der Waals surface area contributed by atoms with Crippen molar-refractivity contribution >= 4 is 5.91 Å². The molecule has 1 aliphatic rings. The summed E-state index contributed by atoms with van der Waals surface area (Å²) in [5.74, 6) is 0.0651. The van der Waals surface area contributed by atoms with E-state index in [0.29, 0.717) is 19.5 Å². The van der Waals surface area contributed by atoms with Crippen LogP contribution in [0, 0.1) is 0 Å². The minimum atomic E-state index is 0.0651. The van der Waals surface area contributed by atoms with Crippen LogP contribution >= 0.6 is 0 Å². The van der Waals surface area contributed by atoms with Crippen LogP contribution in [0.15, 0.2) is 42.7 Å². The zero-order valence-electron chi connectivity index (χ0n) is 12.0. The zero-order valence-corrected chi connectivity index (χ0v) is 12.0. The molecule has 21 heavy (non-hydrogen) atoms. The Hall–Kier alpha value is -2.14. The number of carbonyl (C=O) groups is 1. The maximum absolute atomic E-state index is 11.9. The number of nitrogens with one attached hydrogen (secondary N) is 2. The third kappa shape index (κ3) is 3.49. The molecule has 1 aliphatic heterocycles. The number of hydrogen-bond acceptors (Lipinski definition) is 3. The predicted octanol–water partition coefficient (Wildman–Crippen LogP) is 1.28. The van der Waals surface area contributed by atoms with Gasteiger partial charge >= 0.3 is 0 Å². The number of carbonyl (C=O) groups excluding carboxylic acids is 1. The van der Waals surface area contributed by atoms with Crippen molar-refractivity contribution in [2.24, 2.45) is 0 Å². The monoisotopic (exact) mass is 284 g/mol. The smallest absolute Gasteiger partial charge is 0.221 e. The zero-order chi connectivity index (χ0) is 14.5. The van der Waals surface area contributed by atoms with Crippen molar-refractivity contribution in [2.75, 3.05) is 13.1 Å². The van der Waals surface area contributed by atoms with Gasteiger partial charge in [-0.3, -0.25) is 9.48 Å². The fourth-order valence-electron chi connectivity index (χ4n) is 2.73. The molecule has 1 unspecified atom stereocenters. The molecule has 1 aromatic carbocycles. The largest absolute Gasteiger partial charge is 0.354 e. The fraction of sp³-hybridized carbons (Fsp3) is 0.375. The predicted molar refractivity (Wildman–Crippen MR) is 80.7 cm³/mol. The van der Waals surface area contributed by atoms with Gasteiger partial charge in [-0.15, -0.1) is 0 Å². The van der Waals surface area contributed by atoms with Gasteiger partial charge in [0, 0.05) is 37.9 Å². The second kappa shape index (κ2) is 6.54. The van der Waals surface area contributed by atoms with Gasteiger partial charge in [-0.25, -0.2) is 0 Å². The standard InChI is InChI=1S/C16H20N4O/c21-16(7-11-20-10-3-8-19-20)18-12-15-14-5-2-1-4-13(14)6-9-17-15/h1-5,8,10,15,17H,6-7,9,11-12H2,(H,18,21). The van der Waals surface area contributed by atoms with Crippen LogP contribution in [0.2, 0.25) is 0 Å². The minimum absolute atomic E-state index is 0.0651. The van der Waals surface area contributed by atoms with Gasteiger partial charge in [-0.05, 0) is 30.2 Å². The van der Waals surface area contributed by atoms with Crippen LogP contribution in [0.1, 0.15) is 23.6 Å². The first-order valence-corrected chi connectivity index (χ1v) is 7.38. The molecule has 5 nitrogen and oxygen atoms in total. The van der Waals surface area contributed by atoms with Crippen LogP contribution in [-0.4, -0.2) is 28.8 Å². The molecular formula is C16H20N4O. The number of nitrogens with zero attached hydrogens (tertiary/aromatic N) is 2. The van der Waals surface area contributed by atoms with E-state index in [-0.39, 0.29) is 11.9 Å². The summed E-state index contributed by atoms with van der Waals surface area (Å²) in [6, 6.07) is 10.5. The van der Waals surface area contributed by atoms with E-state index in [9.17, 15) is 4.79 Å².